The number of nitrogens with one attached hydrogen (secondary N) is 1. The van der Waals surface area contributed by atoms with Crippen molar-refractivity contribution in [1.29, 1.82) is 5.26 Å². The van der Waals surface area contributed by atoms with Gasteiger partial charge in [0.25, 0.3) is 0 Å². The van der Waals surface area contributed by atoms with E-state index in [2.05, 4.69) is 20.9 Å². The molecule has 0 radical (unpaired) electrons. The van der Waals surface area contributed by atoms with E-state index in [0.717, 1.165) is 48.6 Å². The fourth-order valence-corrected chi connectivity index (χ4v) is 4.31. The minimum absolute atomic E-state index is 0.119. The average Bonchev–Trinajstić information content (AvgIpc) is 3.06. The van der Waals surface area contributed by atoms with Gasteiger partial charge in [0.15, 0.2) is 5.78 Å². The molecule has 0 saturated carbocycles. The molecule has 0 bridgehead atoms. The number of carbonyl (C=O) groups excluding carboxylic acids is 2. The fourth-order valence-electron chi connectivity index (χ4n) is 4.31. The molecule has 7 heteroatoms. The number of rotatable bonds is 6. The minimum atomic E-state index is -0.497. The Morgan fingerprint density at radius 2 is 1.79 bits per heavy atom. The molecule has 2 aromatic rings. The van der Waals surface area contributed by atoms with Crippen LogP contribution in [0, 0.1) is 31.1 Å². The number of aromatic nitrogens is 1. The van der Waals surface area contributed by atoms with Gasteiger partial charge in [-0.05, 0) is 96.8 Å². The zero-order valence-corrected chi connectivity index (χ0v) is 20.3. The molecular weight excluding hydrogens is 416 g/mol. The molecule has 1 saturated heterocycles. The third-order valence-electron chi connectivity index (χ3n) is 5.99. The monoisotopic (exact) mass is 450 g/mol. The first-order valence-electron chi connectivity index (χ1n) is 11.5. The number of piperidine rings is 1. The van der Waals surface area contributed by atoms with Crippen LogP contribution in [0.1, 0.15) is 60.9 Å². The van der Waals surface area contributed by atoms with Gasteiger partial charge in [-0.2, -0.15) is 5.26 Å². The fraction of sp³-hybridized carbons (Fsp3) is 0.500. The highest BCUT2D eigenvalue weighted by Crippen LogP contribution is 2.23. The van der Waals surface area contributed by atoms with Gasteiger partial charge >= 0.3 is 6.09 Å². The van der Waals surface area contributed by atoms with Crippen molar-refractivity contribution >= 4 is 11.9 Å². The highest BCUT2D eigenvalue weighted by Gasteiger charge is 2.24. The summed E-state index contributed by atoms with van der Waals surface area (Å²) in [5.41, 5.74) is 3.71. The van der Waals surface area contributed by atoms with Crippen LogP contribution in [0.15, 0.2) is 30.3 Å². The molecule has 1 aromatic carbocycles. The quantitative estimate of drug-likeness (QED) is 0.660. The molecule has 1 amide bonds. The Bertz CT molecular complexity index is 1030. The average molecular weight is 451 g/mol. The molecule has 0 spiro atoms. The summed E-state index contributed by atoms with van der Waals surface area (Å²) < 4.78 is 7.35. The lowest BCUT2D eigenvalue weighted by Crippen LogP contribution is -2.41. The molecule has 33 heavy (non-hydrogen) atoms. The number of benzene rings is 1. The molecule has 7 nitrogen and oxygen atoms in total. The first-order chi connectivity index (χ1) is 15.6. The second-order valence-corrected chi connectivity index (χ2v) is 9.80. The van der Waals surface area contributed by atoms with E-state index in [4.69, 9.17) is 10.00 Å². The Kier molecular flexibility index (Phi) is 7.60. The lowest BCUT2D eigenvalue weighted by Gasteiger charge is -2.31. The maximum Gasteiger partial charge on any atom is 0.407 e. The summed E-state index contributed by atoms with van der Waals surface area (Å²) in [5.74, 6) is 0.513. The van der Waals surface area contributed by atoms with Crippen molar-refractivity contribution in [1.82, 2.24) is 14.8 Å². The summed E-state index contributed by atoms with van der Waals surface area (Å²) in [6.07, 6.45) is 1.50. The predicted octanol–water partition coefficient (Wildman–Crippen LogP) is 4.39. The van der Waals surface area contributed by atoms with E-state index in [9.17, 15) is 9.59 Å². The number of aryl methyl sites for hydroxylation is 1. The third-order valence-corrected chi connectivity index (χ3v) is 5.99. The molecule has 0 aliphatic carbocycles. The van der Waals surface area contributed by atoms with E-state index in [1.165, 1.54) is 0 Å². The maximum absolute atomic E-state index is 13.1. The van der Waals surface area contributed by atoms with Gasteiger partial charge in [-0.15, -0.1) is 0 Å². The van der Waals surface area contributed by atoms with Crippen molar-refractivity contribution < 1.29 is 14.3 Å². The maximum atomic E-state index is 13.1. The van der Waals surface area contributed by atoms with E-state index in [1.54, 1.807) is 12.1 Å². The van der Waals surface area contributed by atoms with Crippen molar-refractivity contribution in [2.75, 3.05) is 26.2 Å². The number of nitriles is 1. The number of nitrogens with zero attached hydrogens (tertiary/aromatic N) is 3. The summed E-state index contributed by atoms with van der Waals surface area (Å²) in [7, 11) is 0. The van der Waals surface area contributed by atoms with Crippen LogP contribution in [0.5, 0.6) is 0 Å². The van der Waals surface area contributed by atoms with Gasteiger partial charge in [-0.3, -0.25) is 9.69 Å². The molecule has 1 aliphatic heterocycles. The number of hydrogen-bond acceptors (Lipinski definition) is 5. The standard InChI is InChI=1S/C26H34N4O3/c1-18-14-23(19(2)30(18)22-8-6-20(15-27)7-9-22)24(31)17-29-12-10-21(11-13-29)16-28-25(32)33-26(3,4)5/h6-9,14,21H,10-13,16-17H2,1-5H3,(H,28,32). The van der Waals surface area contributed by atoms with Crippen LogP contribution < -0.4 is 5.32 Å². The number of ketones is 1. The third kappa shape index (κ3) is 6.45. The topological polar surface area (TPSA) is 87.4 Å². The molecule has 3 rings (SSSR count). The van der Waals surface area contributed by atoms with Crippen LogP contribution in [-0.4, -0.2) is 53.1 Å². The predicted molar refractivity (Wildman–Crippen MR) is 128 cm³/mol. The van der Waals surface area contributed by atoms with Crippen molar-refractivity contribution in [3.63, 3.8) is 0 Å². The number of ether oxygens (including phenoxy) is 1. The zero-order valence-electron chi connectivity index (χ0n) is 20.3. The van der Waals surface area contributed by atoms with Crippen LogP contribution in [0.3, 0.4) is 0 Å². The Morgan fingerprint density at radius 3 is 2.36 bits per heavy atom. The number of likely N-dealkylation sites (tertiary alicyclic amines) is 1. The van der Waals surface area contributed by atoms with Gasteiger partial charge in [0.05, 0.1) is 18.2 Å². The van der Waals surface area contributed by atoms with E-state index in [0.29, 0.717) is 24.6 Å². The zero-order chi connectivity index (χ0) is 24.2. The van der Waals surface area contributed by atoms with Crippen LogP contribution in [0.25, 0.3) is 5.69 Å². The van der Waals surface area contributed by atoms with Crippen LogP contribution in [0.2, 0.25) is 0 Å². The molecule has 176 valence electrons. The summed E-state index contributed by atoms with van der Waals surface area (Å²) in [4.78, 5) is 27.1. The second kappa shape index (κ2) is 10.2. The van der Waals surface area contributed by atoms with Crippen LogP contribution in [0.4, 0.5) is 4.79 Å². The van der Waals surface area contributed by atoms with Crippen molar-refractivity contribution in [3.8, 4) is 11.8 Å². The second-order valence-electron chi connectivity index (χ2n) is 9.80. The Hall–Kier alpha value is -3.11. The van der Waals surface area contributed by atoms with Gasteiger partial charge in [-0.1, -0.05) is 0 Å². The minimum Gasteiger partial charge on any atom is -0.444 e. The molecule has 1 aromatic heterocycles. The van der Waals surface area contributed by atoms with Crippen molar-refractivity contribution in [2.45, 2.75) is 53.1 Å². The SMILES string of the molecule is Cc1cc(C(=O)CN2CCC(CNC(=O)OC(C)(C)C)CC2)c(C)n1-c1ccc(C#N)cc1. The lowest BCUT2D eigenvalue weighted by atomic mass is 9.96. The van der Waals surface area contributed by atoms with E-state index < -0.39 is 5.60 Å². The molecule has 1 fully saturated rings. The van der Waals surface area contributed by atoms with Crippen LogP contribution >= 0.6 is 0 Å². The Balaban J connectivity index is 1.54. The highest BCUT2D eigenvalue weighted by atomic mass is 16.6. The van der Waals surface area contributed by atoms with Gasteiger partial charge < -0.3 is 14.6 Å². The summed E-state index contributed by atoms with van der Waals surface area (Å²) in [6, 6.07) is 11.5. The Morgan fingerprint density at radius 1 is 1.15 bits per heavy atom. The molecule has 0 atom stereocenters. The normalized spacial score (nSPS) is 15.2. The lowest BCUT2D eigenvalue weighted by molar-refractivity contribution is 0.0510. The summed E-state index contributed by atoms with van der Waals surface area (Å²) >= 11 is 0. The van der Waals surface area contributed by atoms with Gasteiger partial charge in [0, 0.05) is 29.2 Å². The Labute approximate surface area is 196 Å². The van der Waals surface area contributed by atoms with Gasteiger partial charge in [0.1, 0.15) is 5.60 Å². The molecule has 1 N–H and O–H groups in total. The van der Waals surface area contributed by atoms with Gasteiger partial charge in [-0.25, -0.2) is 4.79 Å². The highest BCUT2D eigenvalue weighted by molar-refractivity contribution is 5.99. The molecule has 2 heterocycles. The van der Waals surface area contributed by atoms with Crippen LogP contribution in [-0.2, 0) is 4.74 Å². The number of hydrogen-bond donors (Lipinski definition) is 1. The van der Waals surface area contributed by atoms with Crippen molar-refractivity contribution in [2.24, 2.45) is 5.92 Å². The number of Topliss-reactive ketones (excluding diaryl/α,β-unsaturated/α-hetero) is 1. The first-order valence-corrected chi connectivity index (χ1v) is 11.5. The molecule has 0 unspecified atom stereocenters. The van der Waals surface area contributed by atoms with E-state index in [-0.39, 0.29) is 11.9 Å². The summed E-state index contributed by atoms with van der Waals surface area (Å²) in [5, 5.41) is 11.9. The van der Waals surface area contributed by atoms with E-state index in [1.807, 2.05) is 52.8 Å². The number of carbonyl (C=O) groups is 2. The first kappa shape index (κ1) is 24.5. The van der Waals surface area contributed by atoms with Gasteiger partial charge in [0.2, 0.25) is 0 Å². The molecule has 1 aliphatic rings. The molecular formula is C26H34N4O3. The largest absolute Gasteiger partial charge is 0.444 e. The van der Waals surface area contributed by atoms with Crippen molar-refractivity contribution in [3.05, 3.63) is 52.8 Å². The number of alkyl carbamates (subject to hydrolysis) is 1. The number of amides is 1. The van der Waals surface area contributed by atoms with E-state index >= 15 is 0 Å². The smallest absolute Gasteiger partial charge is 0.407 e. The summed E-state index contributed by atoms with van der Waals surface area (Å²) in [6.45, 7) is 12.2.